The third kappa shape index (κ3) is 4.62. The summed E-state index contributed by atoms with van der Waals surface area (Å²) in [5, 5.41) is 9.59. The van der Waals surface area contributed by atoms with Gasteiger partial charge in [-0.1, -0.05) is 12.1 Å². The first-order chi connectivity index (χ1) is 11.3. The molecule has 3 N–H and O–H groups in total. The predicted octanol–water partition coefficient (Wildman–Crippen LogP) is 0.831. The van der Waals surface area contributed by atoms with E-state index in [1.165, 1.54) is 19.2 Å². The normalized spacial score (nSPS) is 12.8. The van der Waals surface area contributed by atoms with Crippen LogP contribution in [0.1, 0.15) is 36.6 Å². The zero-order chi connectivity index (χ0) is 17.7. The fourth-order valence-corrected chi connectivity index (χ4v) is 2.87. The number of carbonyl (C=O) groups is 1. The lowest BCUT2D eigenvalue weighted by atomic mass is 10.1. The Bertz CT molecular complexity index is 799. The van der Waals surface area contributed by atoms with Gasteiger partial charge in [0, 0.05) is 6.42 Å². The van der Waals surface area contributed by atoms with Crippen LogP contribution in [0.5, 0.6) is 0 Å². The van der Waals surface area contributed by atoms with Gasteiger partial charge in [-0.3, -0.25) is 9.89 Å². The van der Waals surface area contributed by atoms with Crippen LogP contribution in [-0.2, 0) is 21.2 Å². The van der Waals surface area contributed by atoms with Crippen LogP contribution >= 0.6 is 0 Å². The quantitative estimate of drug-likeness (QED) is 0.683. The Balaban J connectivity index is 1.87. The third-order valence-electron chi connectivity index (χ3n) is 3.52. The van der Waals surface area contributed by atoms with Gasteiger partial charge in [-0.15, -0.1) is 0 Å². The number of carbonyl (C=O) groups excluding carboxylic acids is 1. The third-order valence-corrected chi connectivity index (χ3v) is 4.95. The summed E-state index contributed by atoms with van der Waals surface area (Å²) in [7, 11) is -2.07. The Hall–Kier alpha value is -2.26. The highest BCUT2D eigenvalue weighted by atomic mass is 32.2. The van der Waals surface area contributed by atoms with E-state index in [0.717, 1.165) is 5.56 Å². The predicted molar refractivity (Wildman–Crippen MR) is 88.7 cm³/mol. The smallest absolute Gasteiger partial charge is 0.240 e. The van der Waals surface area contributed by atoms with E-state index in [-0.39, 0.29) is 16.8 Å². The lowest BCUT2D eigenvalue weighted by Crippen LogP contribution is -2.27. The van der Waals surface area contributed by atoms with E-state index in [1.807, 2.05) is 6.92 Å². The molecular weight excluding hydrogens is 330 g/mol. The molecule has 1 aromatic carbocycles. The molecule has 1 atom stereocenters. The molecule has 0 bridgehead atoms. The lowest BCUT2D eigenvalue weighted by molar-refractivity contribution is -0.121. The van der Waals surface area contributed by atoms with Crippen molar-refractivity contribution in [3.05, 3.63) is 41.5 Å². The number of nitrogens with zero attached hydrogens (tertiary/aromatic N) is 2. The van der Waals surface area contributed by atoms with Gasteiger partial charge in [-0.2, -0.15) is 5.10 Å². The molecule has 0 unspecified atom stereocenters. The van der Waals surface area contributed by atoms with Gasteiger partial charge in [0.05, 0.1) is 10.9 Å². The molecule has 0 aliphatic carbocycles. The molecule has 2 rings (SSSR count). The molecular formula is C15H21N5O3S. The summed E-state index contributed by atoms with van der Waals surface area (Å²) in [5.41, 5.74) is 0.890. The number of H-pyrrole nitrogens is 1. The van der Waals surface area contributed by atoms with Gasteiger partial charge in [-0.25, -0.2) is 18.1 Å². The van der Waals surface area contributed by atoms with Crippen molar-refractivity contribution in [2.75, 3.05) is 7.05 Å². The average Bonchev–Trinajstić information content (AvgIpc) is 3.00. The molecule has 0 saturated heterocycles. The number of hydrogen-bond donors (Lipinski definition) is 3. The van der Waals surface area contributed by atoms with E-state index < -0.39 is 10.0 Å². The van der Waals surface area contributed by atoms with E-state index in [9.17, 15) is 13.2 Å². The molecule has 2 aromatic rings. The fourth-order valence-electron chi connectivity index (χ4n) is 2.14. The van der Waals surface area contributed by atoms with Gasteiger partial charge in [-0.05, 0) is 45.0 Å². The maximum absolute atomic E-state index is 12.0. The number of aromatic nitrogens is 3. The van der Waals surface area contributed by atoms with Crippen molar-refractivity contribution in [1.29, 1.82) is 0 Å². The number of nitrogens with one attached hydrogen (secondary N) is 3. The Morgan fingerprint density at radius 2 is 1.96 bits per heavy atom. The van der Waals surface area contributed by atoms with Crippen molar-refractivity contribution in [1.82, 2.24) is 25.2 Å². The summed E-state index contributed by atoms with van der Waals surface area (Å²) in [5.74, 6) is 1.13. The number of aryl methyl sites for hydroxylation is 2. The van der Waals surface area contributed by atoms with Crippen LogP contribution < -0.4 is 10.0 Å². The topological polar surface area (TPSA) is 117 Å². The fraction of sp³-hybridized carbons (Fsp3) is 0.400. The zero-order valence-electron chi connectivity index (χ0n) is 13.8. The highest BCUT2D eigenvalue weighted by Gasteiger charge is 2.14. The van der Waals surface area contributed by atoms with E-state index in [2.05, 4.69) is 25.2 Å². The lowest BCUT2D eigenvalue weighted by Gasteiger charge is -2.10. The monoisotopic (exact) mass is 351 g/mol. The SMILES string of the molecule is CNS(=O)(=O)c1ccc(CCC(=O)N[C@@H](C)c2n[nH]c(C)n2)cc1. The number of benzene rings is 1. The maximum Gasteiger partial charge on any atom is 0.240 e. The number of sulfonamides is 1. The molecule has 24 heavy (non-hydrogen) atoms. The van der Waals surface area contributed by atoms with Crippen molar-refractivity contribution in [3.63, 3.8) is 0 Å². The Labute approximate surface area is 141 Å². The van der Waals surface area contributed by atoms with E-state index >= 15 is 0 Å². The zero-order valence-corrected chi connectivity index (χ0v) is 14.6. The first kappa shape index (κ1) is 18.1. The molecule has 0 saturated carbocycles. The molecule has 8 nitrogen and oxygen atoms in total. The summed E-state index contributed by atoms with van der Waals surface area (Å²) in [6.45, 7) is 3.61. The summed E-state index contributed by atoms with van der Waals surface area (Å²) in [6, 6.07) is 6.20. The van der Waals surface area contributed by atoms with Gasteiger partial charge in [0.2, 0.25) is 15.9 Å². The Kier molecular flexibility index (Phi) is 5.68. The molecule has 9 heteroatoms. The maximum atomic E-state index is 12.0. The molecule has 0 aliphatic rings. The second kappa shape index (κ2) is 7.54. The molecule has 130 valence electrons. The number of rotatable bonds is 7. The highest BCUT2D eigenvalue weighted by molar-refractivity contribution is 7.89. The minimum Gasteiger partial charge on any atom is -0.346 e. The molecule has 0 aliphatic heterocycles. The van der Waals surface area contributed by atoms with Crippen molar-refractivity contribution < 1.29 is 13.2 Å². The second-order valence-electron chi connectivity index (χ2n) is 5.42. The standard InChI is InChI=1S/C15H21N5O3S/c1-10(15-18-11(2)19-20-15)17-14(21)9-6-12-4-7-13(8-5-12)24(22,23)16-3/h4-5,7-8,10,16H,6,9H2,1-3H3,(H,17,21)(H,18,19,20)/t10-/m0/s1. The van der Waals surface area contributed by atoms with Crippen LogP contribution in [0.15, 0.2) is 29.2 Å². The van der Waals surface area contributed by atoms with Crippen LogP contribution in [0.25, 0.3) is 0 Å². The molecule has 1 heterocycles. The Morgan fingerprint density at radius 3 is 2.50 bits per heavy atom. The van der Waals surface area contributed by atoms with Crippen LogP contribution in [0, 0.1) is 6.92 Å². The average molecular weight is 351 g/mol. The molecule has 0 spiro atoms. The molecule has 0 fully saturated rings. The van der Waals surface area contributed by atoms with Gasteiger partial charge in [0.25, 0.3) is 0 Å². The highest BCUT2D eigenvalue weighted by Crippen LogP contribution is 2.12. The van der Waals surface area contributed by atoms with Crippen LogP contribution in [-0.4, -0.2) is 36.6 Å². The first-order valence-corrected chi connectivity index (χ1v) is 9.01. The molecule has 1 aromatic heterocycles. The largest absolute Gasteiger partial charge is 0.346 e. The van der Waals surface area contributed by atoms with Gasteiger partial charge in [0.1, 0.15) is 5.82 Å². The minimum absolute atomic E-state index is 0.114. The van der Waals surface area contributed by atoms with Crippen LogP contribution in [0.2, 0.25) is 0 Å². The summed E-state index contributed by atoms with van der Waals surface area (Å²) in [6.07, 6.45) is 0.817. The van der Waals surface area contributed by atoms with Gasteiger partial charge >= 0.3 is 0 Å². The van der Waals surface area contributed by atoms with Crippen LogP contribution in [0.4, 0.5) is 0 Å². The van der Waals surface area contributed by atoms with Gasteiger partial charge in [0.15, 0.2) is 5.82 Å². The molecule has 1 amide bonds. The summed E-state index contributed by atoms with van der Waals surface area (Å²) in [4.78, 5) is 16.4. The van der Waals surface area contributed by atoms with Crippen molar-refractivity contribution in [2.24, 2.45) is 0 Å². The van der Waals surface area contributed by atoms with Gasteiger partial charge < -0.3 is 5.32 Å². The van der Waals surface area contributed by atoms with Crippen LogP contribution in [0.3, 0.4) is 0 Å². The van der Waals surface area contributed by atoms with Crippen molar-refractivity contribution in [2.45, 2.75) is 37.6 Å². The minimum atomic E-state index is -3.44. The molecule has 0 radical (unpaired) electrons. The van der Waals surface area contributed by atoms with Crippen molar-refractivity contribution >= 4 is 15.9 Å². The van der Waals surface area contributed by atoms with E-state index in [1.54, 1.807) is 19.1 Å². The van der Waals surface area contributed by atoms with Crippen molar-refractivity contribution in [3.8, 4) is 0 Å². The Morgan fingerprint density at radius 1 is 1.29 bits per heavy atom. The number of amides is 1. The summed E-state index contributed by atoms with van der Waals surface area (Å²) >= 11 is 0. The first-order valence-electron chi connectivity index (χ1n) is 7.52. The number of hydrogen-bond acceptors (Lipinski definition) is 5. The number of aromatic amines is 1. The van der Waals surface area contributed by atoms with E-state index in [0.29, 0.717) is 24.5 Å². The van der Waals surface area contributed by atoms with E-state index in [4.69, 9.17) is 0 Å². The summed E-state index contributed by atoms with van der Waals surface area (Å²) < 4.78 is 25.6. The second-order valence-corrected chi connectivity index (χ2v) is 7.31.